The van der Waals surface area contributed by atoms with Crippen LogP contribution < -0.4 is 9.62 Å². The minimum Gasteiger partial charge on any atom is -0.353 e. The number of hydrogen-bond acceptors (Lipinski definition) is 6. The van der Waals surface area contributed by atoms with Gasteiger partial charge in [-0.05, 0) is 66.3 Å². The minimum absolute atomic E-state index is 0.353. The van der Waals surface area contributed by atoms with E-state index in [-0.39, 0.29) is 4.90 Å². The average molecular weight is 511 g/mol. The van der Waals surface area contributed by atoms with Gasteiger partial charge in [-0.2, -0.15) is 4.37 Å². The van der Waals surface area contributed by atoms with Crippen LogP contribution in [-0.2, 0) is 16.4 Å². The number of piperazine rings is 1. The van der Waals surface area contributed by atoms with Gasteiger partial charge in [0.1, 0.15) is 16.5 Å². The van der Waals surface area contributed by atoms with Crippen molar-refractivity contribution in [3.8, 4) is 0 Å². The maximum absolute atomic E-state index is 14.0. The Bertz CT molecular complexity index is 1450. The van der Waals surface area contributed by atoms with E-state index in [0.717, 1.165) is 62.2 Å². The second-order valence-electron chi connectivity index (χ2n) is 8.77. The largest absolute Gasteiger partial charge is 0.353 e. The molecule has 1 fully saturated rings. The lowest BCUT2D eigenvalue weighted by molar-refractivity contribution is 0.261. The van der Waals surface area contributed by atoms with Crippen LogP contribution in [0, 0.1) is 12.7 Å². The van der Waals surface area contributed by atoms with Crippen molar-refractivity contribution in [1.29, 1.82) is 0 Å². The number of sulfonamides is 1. The molecule has 0 amide bonds. The smallest absolute Gasteiger partial charge is 0.264 e. The molecule has 1 N–H and O–H groups in total. The SMILES string of the molecule is Cc1cc(CCN2CCN(c3nsc4ccccc34)CC2)ccc1NS(=O)(=O)c1ccccc1F. The van der Waals surface area contributed by atoms with Crippen LogP contribution >= 0.6 is 11.5 Å². The molecule has 0 spiro atoms. The molecule has 2 heterocycles. The molecule has 6 nitrogen and oxygen atoms in total. The van der Waals surface area contributed by atoms with Gasteiger partial charge in [-0.15, -0.1) is 0 Å². The van der Waals surface area contributed by atoms with Gasteiger partial charge in [0.25, 0.3) is 10.0 Å². The van der Waals surface area contributed by atoms with Crippen LogP contribution in [-0.4, -0.2) is 50.4 Å². The fraction of sp³-hybridized carbons (Fsp3) is 0.269. The van der Waals surface area contributed by atoms with E-state index >= 15 is 0 Å². The Morgan fingerprint density at radius 3 is 2.51 bits per heavy atom. The molecule has 0 aliphatic carbocycles. The van der Waals surface area contributed by atoms with Gasteiger partial charge in [-0.1, -0.05) is 36.4 Å². The third-order valence-electron chi connectivity index (χ3n) is 6.41. The molecule has 0 bridgehead atoms. The fourth-order valence-corrected chi connectivity index (χ4v) is 6.44. The van der Waals surface area contributed by atoms with E-state index in [1.807, 2.05) is 19.1 Å². The van der Waals surface area contributed by atoms with Crippen LogP contribution in [0.4, 0.5) is 15.9 Å². The predicted molar refractivity (Wildman–Crippen MR) is 140 cm³/mol. The van der Waals surface area contributed by atoms with Crippen molar-refractivity contribution < 1.29 is 12.8 Å². The minimum atomic E-state index is -3.99. The van der Waals surface area contributed by atoms with E-state index in [2.05, 4.69) is 43.2 Å². The molecular weight excluding hydrogens is 483 g/mol. The molecule has 1 aliphatic rings. The zero-order chi connectivity index (χ0) is 24.4. The van der Waals surface area contributed by atoms with Crippen molar-refractivity contribution in [1.82, 2.24) is 9.27 Å². The zero-order valence-corrected chi connectivity index (χ0v) is 21.1. The molecule has 0 radical (unpaired) electrons. The van der Waals surface area contributed by atoms with Crippen molar-refractivity contribution in [3.63, 3.8) is 0 Å². The number of nitrogens with one attached hydrogen (secondary N) is 1. The summed E-state index contributed by atoms with van der Waals surface area (Å²) in [4.78, 5) is 4.47. The lowest BCUT2D eigenvalue weighted by atomic mass is 10.1. The van der Waals surface area contributed by atoms with Crippen LogP contribution in [0.3, 0.4) is 0 Å². The number of nitrogens with zero attached hydrogens (tertiary/aromatic N) is 3. The van der Waals surface area contributed by atoms with Crippen LogP contribution in [0.25, 0.3) is 10.1 Å². The summed E-state index contributed by atoms with van der Waals surface area (Å²) in [7, 11) is -3.99. The highest BCUT2D eigenvalue weighted by Gasteiger charge is 2.21. The molecule has 0 saturated carbocycles. The van der Waals surface area contributed by atoms with E-state index in [1.165, 1.54) is 28.3 Å². The van der Waals surface area contributed by atoms with E-state index in [0.29, 0.717) is 5.69 Å². The number of halogens is 1. The number of rotatable bonds is 7. The van der Waals surface area contributed by atoms with Crippen molar-refractivity contribution in [3.05, 3.63) is 83.7 Å². The summed E-state index contributed by atoms with van der Waals surface area (Å²) in [6, 6.07) is 19.4. The molecule has 1 saturated heterocycles. The summed E-state index contributed by atoms with van der Waals surface area (Å²) in [6.07, 6.45) is 0.876. The molecule has 3 aromatic carbocycles. The number of benzene rings is 3. The Kier molecular flexibility index (Phi) is 6.73. The summed E-state index contributed by atoms with van der Waals surface area (Å²) in [5.74, 6) is 0.326. The van der Waals surface area contributed by atoms with Crippen molar-refractivity contribution in [2.45, 2.75) is 18.2 Å². The maximum Gasteiger partial charge on any atom is 0.264 e. The first-order valence-electron chi connectivity index (χ1n) is 11.6. The summed E-state index contributed by atoms with van der Waals surface area (Å²) >= 11 is 1.55. The summed E-state index contributed by atoms with van der Waals surface area (Å²) in [5, 5.41) is 1.23. The maximum atomic E-state index is 14.0. The van der Waals surface area contributed by atoms with Crippen LogP contribution in [0.1, 0.15) is 11.1 Å². The zero-order valence-electron chi connectivity index (χ0n) is 19.4. The number of fused-ring (bicyclic) bond motifs is 1. The third-order valence-corrected chi connectivity index (χ3v) is 8.62. The highest BCUT2D eigenvalue weighted by molar-refractivity contribution is 7.92. The van der Waals surface area contributed by atoms with Gasteiger partial charge in [0.15, 0.2) is 0 Å². The van der Waals surface area contributed by atoms with Gasteiger partial charge in [0.2, 0.25) is 0 Å². The summed E-state index contributed by atoms with van der Waals surface area (Å²) in [5.41, 5.74) is 2.41. The second kappa shape index (κ2) is 9.93. The normalized spacial score (nSPS) is 15.0. The van der Waals surface area contributed by atoms with E-state index in [4.69, 9.17) is 0 Å². The second-order valence-corrected chi connectivity index (χ2v) is 11.2. The van der Waals surface area contributed by atoms with Gasteiger partial charge in [-0.3, -0.25) is 9.62 Å². The van der Waals surface area contributed by atoms with E-state index in [1.54, 1.807) is 17.6 Å². The highest BCUT2D eigenvalue weighted by atomic mass is 32.2. The lowest BCUT2D eigenvalue weighted by Gasteiger charge is -2.35. The van der Waals surface area contributed by atoms with E-state index in [9.17, 15) is 12.8 Å². The topological polar surface area (TPSA) is 65.5 Å². The number of aromatic nitrogens is 1. The van der Waals surface area contributed by atoms with E-state index < -0.39 is 15.8 Å². The Morgan fingerprint density at radius 2 is 1.74 bits per heavy atom. The number of aryl methyl sites for hydroxylation is 1. The van der Waals surface area contributed by atoms with Crippen molar-refractivity contribution in [2.24, 2.45) is 0 Å². The Labute approximate surface area is 209 Å². The van der Waals surface area contributed by atoms with Crippen molar-refractivity contribution in [2.75, 3.05) is 42.3 Å². The first-order valence-corrected chi connectivity index (χ1v) is 13.8. The van der Waals surface area contributed by atoms with Crippen LogP contribution in [0.5, 0.6) is 0 Å². The van der Waals surface area contributed by atoms with Crippen molar-refractivity contribution >= 4 is 43.1 Å². The number of anilines is 2. The van der Waals surface area contributed by atoms with Gasteiger partial charge >= 0.3 is 0 Å². The van der Waals surface area contributed by atoms with Gasteiger partial charge < -0.3 is 4.90 Å². The Morgan fingerprint density at radius 1 is 1.00 bits per heavy atom. The average Bonchev–Trinajstić information content (AvgIpc) is 3.29. The van der Waals surface area contributed by atoms with Gasteiger partial charge in [0, 0.05) is 38.1 Å². The molecule has 0 atom stereocenters. The molecule has 0 unspecified atom stereocenters. The fourth-order valence-electron chi connectivity index (χ4n) is 4.43. The van der Waals surface area contributed by atoms with Gasteiger partial charge in [0.05, 0.1) is 10.4 Å². The Balaban J connectivity index is 1.17. The monoisotopic (exact) mass is 510 g/mol. The Hall–Kier alpha value is -3.01. The van der Waals surface area contributed by atoms with Gasteiger partial charge in [-0.25, -0.2) is 12.8 Å². The molecule has 9 heteroatoms. The van der Waals surface area contributed by atoms with Crippen LogP contribution in [0.2, 0.25) is 0 Å². The first-order chi connectivity index (χ1) is 16.9. The molecule has 182 valence electrons. The highest BCUT2D eigenvalue weighted by Crippen LogP contribution is 2.30. The molecule has 4 aromatic rings. The molecule has 35 heavy (non-hydrogen) atoms. The first kappa shape index (κ1) is 23.7. The molecule has 1 aliphatic heterocycles. The summed E-state index contributed by atoms with van der Waals surface area (Å²) < 4.78 is 47.6. The quantitative estimate of drug-likeness (QED) is 0.383. The third kappa shape index (κ3) is 5.17. The molecule has 5 rings (SSSR count). The lowest BCUT2D eigenvalue weighted by Crippen LogP contribution is -2.47. The standard InChI is InChI=1S/C26H27FN4O2S2/c1-19-18-20(10-11-23(19)29-35(32,33)25-9-5-3-7-22(25)27)12-13-30-14-16-31(17-15-30)26-21-6-2-4-8-24(21)34-28-26/h2-11,18,29H,12-17H2,1H3. The predicted octanol–water partition coefficient (Wildman–Crippen LogP) is 4.91. The van der Waals surface area contributed by atoms with Crippen LogP contribution in [0.15, 0.2) is 71.6 Å². The number of hydrogen-bond donors (Lipinski definition) is 1. The molecule has 1 aromatic heterocycles. The molecular formula is C26H27FN4O2S2. The summed E-state index contributed by atoms with van der Waals surface area (Å²) in [6.45, 7) is 6.65.